The maximum atomic E-state index is 12.1. The molecule has 1 saturated heterocycles. The van der Waals surface area contributed by atoms with E-state index in [1.165, 1.54) is 0 Å². The number of benzene rings is 4. The number of piperazine rings is 1. The van der Waals surface area contributed by atoms with Crippen molar-refractivity contribution in [3.05, 3.63) is 100 Å². The van der Waals surface area contributed by atoms with Crippen LogP contribution in [0.2, 0.25) is 5.04 Å². The van der Waals surface area contributed by atoms with Crippen LogP contribution in [0, 0.1) is 25.2 Å². The number of nitrogens with one attached hydrogen (secondary N) is 1. The van der Waals surface area contributed by atoms with Gasteiger partial charge in [-0.15, -0.1) is 0 Å². The van der Waals surface area contributed by atoms with Crippen molar-refractivity contribution in [2.24, 2.45) is 0 Å². The molecular formula is C45H53N3O8Si. The minimum absolute atomic E-state index is 0.0161. The van der Waals surface area contributed by atoms with Crippen molar-refractivity contribution >= 4 is 18.7 Å². The van der Waals surface area contributed by atoms with E-state index < -0.39 is 20.4 Å². The van der Waals surface area contributed by atoms with Gasteiger partial charge in [0.25, 0.3) is 8.32 Å². The lowest BCUT2D eigenvalue weighted by Crippen LogP contribution is -2.70. The Kier molecular flexibility index (Phi) is 10.7. The zero-order valence-corrected chi connectivity index (χ0v) is 34.9. The fourth-order valence-corrected chi connectivity index (χ4v) is 14.5. The number of aryl methyl sites for hydroxylation is 1. The molecular weight excluding hydrogens is 739 g/mol. The van der Waals surface area contributed by atoms with Gasteiger partial charge in [-0.25, -0.2) is 0 Å². The van der Waals surface area contributed by atoms with E-state index in [1.54, 1.807) is 14.2 Å². The van der Waals surface area contributed by atoms with Crippen molar-refractivity contribution in [1.82, 2.24) is 10.2 Å². The SMILES string of the molecule is COCCOCOc1c(OC)c(C)cc2c1[C@@H]1N[C@H](C2)[C@H](C#N)N2C1Cc1c(O)c(C)c3c(c1[C@@H]2CO[Si](c1ccccc1)(c1ccccc1)C(C)(C)C)OCO3. The fraction of sp³-hybridized carbons (Fsp3) is 0.444. The van der Waals surface area contributed by atoms with E-state index in [-0.39, 0.29) is 49.1 Å². The highest BCUT2D eigenvalue weighted by atomic mass is 28.4. The first kappa shape index (κ1) is 39.2. The molecule has 4 aliphatic heterocycles. The number of aromatic hydroxyl groups is 1. The molecule has 2 N–H and O–H groups in total. The van der Waals surface area contributed by atoms with E-state index in [0.717, 1.165) is 38.2 Å². The maximum Gasteiger partial charge on any atom is 0.261 e. The minimum Gasteiger partial charge on any atom is -0.507 e. The third-order valence-electron chi connectivity index (χ3n) is 12.4. The van der Waals surface area contributed by atoms with Crippen LogP contribution in [0.1, 0.15) is 66.2 Å². The average molecular weight is 792 g/mol. The standard InChI is InChI=1S/C45H53N3O8Si/c1-27-20-29-21-33-35(23-46)48-34(39(47-33)37(29)43(41(27)51-7)53-25-52-19-18-50-6)22-32-38(44-42(54-26-55-44)28(2)40(32)49)36(48)24-56-57(45(3,4)5,30-14-10-8-11-15-30)31-16-12-9-13-17-31/h8-17,20,33-36,39,47,49H,18-19,21-22,24-26H2,1-7H3/t33-,34?,35+,36+,39-/m1/s1. The van der Waals surface area contributed by atoms with Gasteiger partial charge in [-0.05, 0) is 53.2 Å². The first-order chi connectivity index (χ1) is 27.5. The summed E-state index contributed by atoms with van der Waals surface area (Å²) in [7, 11) is 0.242. The summed E-state index contributed by atoms with van der Waals surface area (Å²) in [5.74, 6) is 2.60. The first-order valence-corrected chi connectivity index (χ1v) is 21.7. The number of nitrogens with zero attached hydrogens (tertiary/aromatic N) is 2. The van der Waals surface area contributed by atoms with Gasteiger partial charge in [0, 0.05) is 41.4 Å². The Labute approximate surface area is 336 Å². The number of phenolic OH excluding ortho intramolecular Hbond substituents is 1. The van der Waals surface area contributed by atoms with E-state index >= 15 is 0 Å². The average Bonchev–Trinajstić information content (AvgIpc) is 3.70. The first-order valence-electron chi connectivity index (χ1n) is 19.8. The van der Waals surface area contributed by atoms with Gasteiger partial charge in [-0.1, -0.05) is 87.5 Å². The molecule has 2 bridgehead atoms. The van der Waals surface area contributed by atoms with E-state index in [2.05, 4.69) is 91.7 Å². The van der Waals surface area contributed by atoms with Gasteiger partial charge in [-0.2, -0.15) is 5.26 Å². The van der Waals surface area contributed by atoms with Crippen molar-refractivity contribution in [3.8, 4) is 34.8 Å². The van der Waals surface area contributed by atoms with E-state index in [0.29, 0.717) is 54.6 Å². The third kappa shape index (κ3) is 6.45. The molecule has 8 rings (SSSR count). The van der Waals surface area contributed by atoms with Crippen molar-refractivity contribution < 1.29 is 38.0 Å². The molecule has 12 heteroatoms. The molecule has 5 atom stereocenters. The molecule has 4 aromatic rings. The summed E-state index contributed by atoms with van der Waals surface area (Å²) in [5, 5.41) is 29.2. The van der Waals surface area contributed by atoms with Crippen LogP contribution in [0.3, 0.4) is 0 Å². The summed E-state index contributed by atoms with van der Waals surface area (Å²) in [6.45, 7) is 11.8. The molecule has 300 valence electrons. The van der Waals surface area contributed by atoms with Crippen LogP contribution >= 0.6 is 0 Å². The number of nitriles is 1. The predicted molar refractivity (Wildman–Crippen MR) is 218 cm³/mol. The molecule has 0 aliphatic carbocycles. The van der Waals surface area contributed by atoms with Crippen molar-refractivity contribution in [2.45, 2.75) is 82.7 Å². The number of hydrogen-bond acceptors (Lipinski definition) is 11. The molecule has 1 unspecified atom stereocenters. The maximum absolute atomic E-state index is 12.1. The predicted octanol–water partition coefficient (Wildman–Crippen LogP) is 5.75. The van der Waals surface area contributed by atoms with Gasteiger partial charge in [0.2, 0.25) is 6.79 Å². The second kappa shape index (κ2) is 15.6. The van der Waals surface area contributed by atoms with Crippen molar-refractivity contribution in [2.75, 3.05) is 47.6 Å². The molecule has 4 heterocycles. The van der Waals surface area contributed by atoms with Crippen LogP contribution in [0.4, 0.5) is 0 Å². The Balaban J connectivity index is 1.30. The molecule has 11 nitrogen and oxygen atoms in total. The van der Waals surface area contributed by atoms with Crippen LogP contribution in [-0.4, -0.2) is 84.1 Å². The number of fused-ring (bicyclic) bond motifs is 9. The Morgan fingerprint density at radius 1 is 0.930 bits per heavy atom. The zero-order valence-electron chi connectivity index (χ0n) is 33.9. The smallest absolute Gasteiger partial charge is 0.261 e. The number of phenols is 1. The van der Waals surface area contributed by atoms with Gasteiger partial charge < -0.3 is 43.3 Å². The Bertz CT molecular complexity index is 2120. The number of ether oxygens (including phenoxy) is 6. The van der Waals surface area contributed by atoms with E-state index in [4.69, 9.17) is 32.8 Å². The summed E-state index contributed by atoms with van der Waals surface area (Å²) in [4.78, 5) is 2.34. The van der Waals surface area contributed by atoms with E-state index in [1.807, 2.05) is 26.0 Å². The molecule has 0 saturated carbocycles. The summed E-state index contributed by atoms with van der Waals surface area (Å²) in [6, 6.07) is 24.3. The molecule has 0 aromatic heterocycles. The van der Waals surface area contributed by atoms with E-state index in [9.17, 15) is 10.4 Å². The van der Waals surface area contributed by atoms with Gasteiger partial charge in [-0.3, -0.25) is 4.90 Å². The Morgan fingerprint density at radius 3 is 2.25 bits per heavy atom. The highest BCUT2D eigenvalue weighted by Crippen LogP contribution is 2.57. The van der Waals surface area contributed by atoms with Crippen LogP contribution in [0.25, 0.3) is 0 Å². The van der Waals surface area contributed by atoms with Gasteiger partial charge in [0.05, 0.1) is 45.1 Å². The van der Waals surface area contributed by atoms with Gasteiger partial charge >= 0.3 is 0 Å². The Morgan fingerprint density at radius 2 is 1.61 bits per heavy atom. The second-order valence-corrected chi connectivity index (χ2v) is 20.8. The number of rotatable bonds is 12. The van der Waals surface area contributed by atoms with Crippen LogP contribution in [0.15, 0.2) is 66.7 Å². The topological polar surface area (TPSA) is 124 Å². The number of hydrogen-bond donors (Lipinski definition) is 2. The summed E-state index contributed by atoms with van der Waals surface area (Å²) >= 11 is 0. The molecule has 0 radical (unpaired) electrons. The largest absolute Gasteiger partial charge is 0.507 e. The molecule has 4 aliphatic rings. The minimum atomic E-state index is -3.05. The van der Waals surface area contributed by atoms with Crippen LogP contribution in [0.5, 0.6) is 28.7 Å². The summed E-state index contributed by atoms with van der Waals surface area (Å²) < 4.78 is 43.5. The summed E-state index contributed by atoms with van der Waals surface area (Å²) in [6.07, 6.45) is 1.04. The van der Waals surface area contributed by atoms with Crippen molar-refractivity contribution in [1.29, 1.82) is 5.26 Å². The lowest BCUT2D eigenvalue weighted by molar-refractivity contribution is -0.0236. The molecule has 57 heavy (non-hydrogen) atoms. The Hall–Kier alpha value is -4.61. The molecule has 1 fully saturated rings. The zero-order chi connectivity index (χ0) is 40.1. The molecule has 0 spiro atoms. The highest BCUT2D eigenvalue weighted by Gasteiger charge is 2.56. The molecule has 4 aromatic carbocycles. The van der Waals surface area contributed by atoms with Gasteiger partial charge in [0.1, 0.15) is 11.8 Å². The van der Waals surface area contributed by atoms with Gasteiger partial charge in [0.15, 0.2) is 29.8 Å². The lowest BCUT2D eigenvalue weighted by Gasteiger charge is -2.57. The number of methoxy groups -OCH3 is 2. The van der Waals surface area contributed by atoms with Crippen LogP contribution < -0.4 is 34.6 Å². The lowest BCUT2D eigenvalue weighted by atomic mass is 9.72. The summed E-state index contributed by atoms with van der Waals surface area (Å²) in [5.41, 5.74) is 5.26. The second-order valence-electron chi connectivity index (χ2n) is 16.5. The fourth-order valence-electron chi connectivity index (χ4n) is 9.98. The molecule has 0 amide bonds. The monoisotopic (exact) mass is 791 g/mol. The van der Waals surface area contributed by atoms with Crippen molar-refractivity contribution in [3.63, 3.8) is 0 Å². The normalized spacial score (nSPS) is 22.2. The highest BCUT2D eigenvalue weighted by molar-refractivity contribution is 6.99. The third-order valence-corrected chi connectivity index (χ3v) is 17.4. The quantitative estimate of drug-likeness (QED) is 0.104. The van der Waals surface area contributed by atoms with Crippen LogP contribution in [-0.2, 0) is 26.7 Å².